The van der Waals surface area contributed by atoms with Crippen molar-refractivity contribution >= 4 is 11.3 Å². The molecule has 0 radical (unpaired) electrons. The van der Waals surface area contributed by atoms with E-state index in [1.165, 1.54) is 37.1 Å². The van der Waals surface area contributed by atoms with Gasteiger partial charge in [0.2, 0.25) is 0 Å². The van der Waals surface area contributed by atoms with Crippen LogP contribution in [0.15, 0.2) is 5.38 Å². The van der Waals surface area contributed by atoms with E-state index in [0.717, 1.165) is 18.0 Å². The maximum atomic E-state index is 4.55. The maximum absolute atomic E-state index is 4.55. The van der Waals surface area contributed by atoms with Crippen LogP contribution in [0, 0.1) is 12.8 Å². The van der Waals surface area contributed by atoms with E-state index in [1.807, 2.05) is 0 Å². The summed E-state index contributed by atoms with van der Waals surface area (Å²) < 4.78 is 0. The van der Waals surface area contributed by atoms with Crippen LogP contribution in [0.5, 0.6) is 0 Å². The van der Waals surface area contributed by atoms with Crippen LogP contribution in [-0.4, -0.2) is 18.1 Å². The molecular formula is C13H22N2S. The van der Waals surface area contributed by atoms with Gasteiger partial charge in [0.05, 0.1) is 5.01 Å². The van der Waals surface area contributed by atoms with Crippen LogP contribution < -0.4 is 5.32 Å². The number of aromatic nitrogens is 1. The first-order valence-electron chi connectivity index (χ1n) is 6.36. The van der Waals surface area contributed by atoms with Crippen LogP contribution in [0.1, 0.15) is 42.8 Å². The van der Waals surface area contributed by atoms with Gasteiger partial charge in [-0.3, -0.25) is 0 Å². The average molecular weight is 238 g/mol. The van der Waals surface area contributed by atoms with Crippen molar-refractivity contribution in [3.8, 4) is 0 Å². The summed E-state index contributed by atoms with van der Waals surface area (Å²) in [6.07, 6.45) is 8.19. The van der Waals surface area contributed by atoms with Crippen molar-refractivity contribution in [2.45, 2.75) is 51.5 Å². The Balaban J connectivity index is 1.84. The summed E-state index contributed by atoms with van der Waals surface area (Å²) >= 11 is 1.80. The fourth-order valence-electron chi connectivity index (χ4n) is 2.66. The Morgan fingerprint density at radius 3 is 2.81 bits per heavy atom. The minimum atomic E-state index is 0.619. The van der Waals surface area contributed by atoms with E-state index in [-0.39, 0.29) is 0 Å². The quantitative estimate of drug-likeness (QED) is 0.852. The molecule has 16 heavy (non-hydrogen) atoms. The lowest BCUT2D eigenvalue weighted by atomic mass is 9.97. The van der Waals surface area contributed by atoms with Crippen molar-refractivity contribution < 1.29 is 0 Å². The van der Waals surface area contributed by atoms with Crippen molar-refractivity contribution in [2.24, 2.45) is 5.92 Å². The zero-order chi connectivity index (χ0) is 11.4. The van der Waals surface area contributed by atoms with Crippen molar-refractivity contribution in [3.63, 3.8) is 0 Å². The molecule has 0 amide bonds. The Morgan fingerprint density at radius 2 is 2.25 bits per heavy atom. The SMILES string of the molecule is CNC(Cc1nc(C)cs1)CC1CCCC1. The van der Waals surface area contributed by atoms with E-state index < -0.39 is 0 Å². The second-order valence-electron chi connectivity index (χ2n) is 4.96. The third-order valence-electron chi connectivity index (χ3n) is 3.59. The molecule has 1 aliphatic carbocycles. The lowest BCUT2D eigenvalue weighted by molar-refractivity contribution is 0.402. The van der Waals surface area contributed by atoms with Crippen molar-refractivity contribution in [1.82, 2.24) is 10.3 Å². The topological polar surface area (TPSA) is 24.9 Å². The standard InChI is InChI=1S/C13H22N2S/c1-10-9-16-13(15-10)8-12(14-2)7-11-5-3-4-6-11/h9,11-12,14H,3-8H2,1-2H3. The Labute approximate surface area is 102 Å². The van der Waals surface area contributed by atoms with Gasteiger partial charge in [-0.25, -0.2) is 4.98 Å². The average Bonchev–Trinajstić information content (AvgIpc) is 2.89. The highest BCUT2D eigenvalue weighted by Gasteiger charge is 2.20. The van der Waals surface area contributed by atoms with Gasteiger partial charge in [-0.15, -0.1) is 11.3 Å². The largest absolute Gasteiger partial charge is 0.317 e. The predicted molar refractivity (Wildman–Crippen MR) is 70.0 cm³/mol. The summed E-state index contributed by atoms with van der Waals surface area (Å²) in [6.45, 7) is 2.07. The number of hydrogen-bond donors (Lipinski definition) is 1. The van der Waals surface area contributed by atoms with Gasteiger partial charge < -0.3 is 5.32 Å². The van der Waals surface area contributed by atoms with E-state index in [0.29, 0.717) is 6.04 Å². The van der Waals surface area contributed by atoms with Crippen LogP contribution >= 0.6 is 11.3 Å². The fraction of sp³-hybridized carbons (Fsp3) is 0.769. The molecule has 1 aliphatic rings. The Morgan fingerprint density at radius 1 is 1.50 bits per heavy atom. The molecule has 1 fully saturated rings. The van der Waals surface area contributed by atoms with Crippen LogP contribution in [0.25, 0.3) is 0 Å². The normalized spacial score (nSPS) is 19.1. The van der Waals surface area contributed by atoms with Gasteiger partial charge in [-0.2, -0.15) is 0 Å². The van der Waals surface area contributed by atoms with Crippen LogP contribution in [0.4, 0.5) is 0 Å². The van der Waals surface area contributed by atoms with E-state index in [4.69, 9.17) is 0 Å². The Bertz CT molecular complexity index is 315. The molecule has 1 aromatic heterocycles. The summed E-state index contributed by atoms with van der Waals surface area (Å²) in [7, 11) is 2.08. The first-order chi connectivity index (χ1) is 7.78. The van der Waals surface area contributed by atoms with Crippen molar-refractivity contribution in [3.05, 3.63) is 16.1 Å². The Kier molecular flexibility index (Phi) is 4.36. The van der Waals surface area contributed by atoms with E-state index in [9.17, 15) is 0 Å². The van der Waals surface area contributed by atoms with Crippen LogP contribution in [0.2, 0.25) is 0 Å². The molecule has 0 spiro atoms. The summed E-state index contributed by atoms with van der Waals surface area (Å²) in [6, 6.07) is 0.619. The van der Waals surface area contributed by atoms with Gasteiger partial charge in [0.25, 0.3) is 0 Å². The predicted octanol–water partition coefficient (Wildman–Crippen LogP) is 3.16. The molecule has 0 aliphatic heterocycles. The second kappa shape index (κ2) is 5.78. The van der Waals surface area contributed by atoms with Gasteiger partial charge in [-0.1, -0.05) is 25.7 Å². The van der Waals surface area contributed by atoms with Gasteiger partial charge in [0.1, 0.15) is 0 Å². The highest BCUT2D eigenvalue weighted by Crippen LogP contribution is 2.29. The third kappa shape index (κ3) is 3.29. The summed E-state index contributed by atoms with van der Waals surface area (Å²) in [5.74, 6) is 0.957. The number of rotatable bonds is 5. The number of nitrogens with zero attached hydrogens (tertiary/aromatic N) is 1. The zero-order valence-electron chi connectivity index (χ0n) is 10.3. The number of nitrogens with one attached hydrogen (secondary N) is 1. The third-order valence-corrected chi connectivity index (χ3v) is 4.58. The van der Waals surface area contributed by atoms with Crippen molar-refractivity contribution in [1.29, 1.82) is 0 Å². The monoisotopic (exact) mass is 238 g/mol. The Hall–Kier alpha value is -0.410. The highest BCUT2D eigenvalue weighted by atomic mass is 32.1. The zero-order valence-corrected chi connectivity index (χ0v) is 11.1. The summed E-state index contributed by atoms with van der Waals surface area (Å²) in [5, 5.41) is 6.89. The minimum absolute atomic E-state index is 0.619. The molecule has 90 valence electrons. The first kappa shape index (κ1) is 12.1. The molecule has 0 saturated heterocycles. The summed E-state index contributed by atoms with van der Waals surface area (Å²) in [5.41, 5.74) is 1.16. The fourth-order valence-corrected chi connectivity index (χ4v) is 3.51. The number of likely N-dealkylation sites (N-methyl/N-ethyl adjacent to an activating group) is 1. The van der Waals surface area contributed by atoms with E-state index in [2.05, 4.69) is 29.7 Å². The molecule has 1 saturated carbocycles. The van der Waals surface area contributed by atoms with Crippen LogP contribution in [0.3, 0.4) is 0 Å². The van der Waals surface area contributed by atoms with Crippen LogP contribution in [-0.2, 0) is 6.42 Å². The van der Waals surface area contributed by atoms with E-state index in [1.54, 1.807) is 11.3 Å². The maximum Gasteiger partial charge on any atom is 0.0943 e. The molecular weight excluding hydrogens is 216 g/mol. The van der Waals surface area contributed by atoms with Crippen molar-refractivity contribution in [2.75, 3.05) is 7.05 Å². The first-order valence-corrected chi connectivity index (χ1v) is 7.24. The minimum Gasteiger partial charge on any atom is -0.317 e. The van der Waals surface area contributed by atoms with Gasteiger partial charge in [0.15, 0.2) is 0 Å². The van der Waals surface area contributed by atoms with E-state index >= 15 is 0 Å². The molecule has 0 aromatic carbocycles. The second-order valence-corrected chi connectivity index (χ2v) is 5.90. The molecule has 2 rings (SSSR count). The molecule has 1 heterocycles. The van der Waals surface area contributed by atoms with Gasteiger partial charge in [0, 0.05) is 23.5 Å². The molecule has 3 heteroatoms. The molecule has 1 unspecified atom stereocenters. The number of thiazole rings is 1. The number of aryl methyl sites for hydroxylation is 1. The summed E-state index contributed by atoms with van der Waals surface area (Å²) in [4.78, 5) is 4.55. The van der Waals surface area contributed by atoms with Gasteiger partial charge in [-0.05, 0) is 26.3 Å². The molecule has 2 nitrogen and oxygen atoms in total. The molecule has 0 bridgehead atoms. The molecule has 1 aromatic rings. The molecule has 1 atom stereocenters. The number of hydrogen-bond acceptors (Lipinski definition) is 3. The highest BCUT2D eigenvalue weighted by molar-refractivity contribution is 7.09. The molecule has 1 N–H and O–H groups in total. The smallest absolute Gasteiger partial charge is 0.0943 e. The lowest BCUT2D eigenvalue weighted by Crippen LogP contribution is -2.29. The van der Waals surface area contributed by atoms with Gasteiger partial charge >= 0.3 is 0 Å². The lowest BCUT2D eigenvalue weighted by Gasteiger charge is -2.18.